The van der Waals surface area contributed by atoms with Crippen LogP contribution in [0.25, 0.3) is 30.1 Å². The molecule has 43 heavy (non-hydrogen) atoms. The van der Waals surface area contributed by atoms with Crippen molar-refractivity contribution in [2.24, 2.45) is 17.8 Å². The number of carbonyl (C=O) groups excluding carboxylic acids is 1. The summed E-state index contributed by atoms with van der Waals surface area (Å²) in [4.78, 5) is 48.4. The molecule has 10 nitrogen and oxygen atoms in total. The van der Waals surface area contributed by atoms with E-state index >= 15 is 0 Å². The zero-order valence-corrected chi connectivity index (χ0v) is 24.8. The molecule has 224 valence electrons. The molecule has 3 aromatic heterocycles. The zero-order chi connectivity index (χ0) is 30.9. The third kappa shape index (κ3) is 4.26. The van der Waals surface area contributed by atoms with Crippen LogP contribution < -0.4 is 26.6 Å². The van der Waals surface area contributed by atoms with E-state index in [1.807, 2.05) is 45.9 Å². The van der Waals surface area contributed by atoms with Crippen molar-refractivity contribution in [2.75, 3.05) is 0 Å². The third-order valence-corrected chi connectivity index (χ3v) is 9.76. The lowest BCUT2D eigenvalue weighted by Gasteiger charge is -2.24. The van der Waals surface area contributed by atoms with Gasteiger partial charge in [0.1, 0.15) is 5.92 Å². The van der Waals surface area contributed by atoms with Gasteiger partial charge in [0, 0.05) is 51.2 Å². The molecule has 7 N–H and O–H groups in total. The van der Waals surface area contributed by atoms with Crippen molar-refractivity contribution in [1.82, 2.24) is 20.3 Å². The van der Waals surface area contributed by atoms with E-state index in [0.717, 1.165) is 51.1 Å². The molecule has 10 heteroatoms. The Morgan fingerprint density at radius 1 is 0.930 bits per heavy atom. The maximum Gasteiger partial charge on any atom is 0.318 e. The molecule has 1 aliphatic carbocycles. The maximum atomic E-state index is 13.8. The average Bonchev–Trinajstić information content (AvgIpc) is 3.69. The summed E-state index contributed by atoms with van der Waals surface area (Å²) < 4.78 is 0. The summed E-state index contributed by atoms with van der Waals surface area (Å²) in [6, 6.07) is -0.563. The second kappa shape index (κ2) is 10.2. The molecule has 4 atom stereocenters. The van der Waals surface area contributed by atoms with Crippen molar-refractivity contribution in [3.05, 3.63) is 71.9 Å². The number of carbonyl (C=O) groups is 3. The lowest BCUT2D eigenvalue weighted by molar-refractivity contribution is -0.139. The summed E-state index contributed by atoms with van der Waals surface area (Å²) >= 11 is 0. The number of hydrogen-bond acceptors (Lipinski definition) is 5. The molecular weight excluding hydrogens is 548 g/mol. The molecule has 5 heterocycles. The van der Waals surface area contributed by atoms with Crippen molar-refractivity contribution < 1.29 is 29.7 Å². The van der Waals surface area contributed by atoms with Crippen LogP contribution in [0.2, 0.25) is 0 Å². The Labute approximate surface area is 247 Å². The number of aromatic nitrogens is 3. The SMILES string of the molecule is CCc1c2[nH]c(/c1=C\O)=C\c1[nH]c(c(C)c1C)/C=C1\NC(C3=c4[nH]/c(c(C)c4C(=O)[C@@H]3C(=O)O)=C\2)[C@@H](CCC(=O)O)[C@@H]1C. The minimum absolute atomic E-state index is 0.0756. The number of nitrogens with one attached hydrogen (secondary N) is 4. The van der Waals surface area contributed by atoms with E-state index in [1.165, 1.54) is 0 Å². The highest BCUT2D eigenvalue weighted by Crippen LogP contribution is 2.42. The summed E-state index contributed by atoms with van der Waals surface area (Å²) in [5, 5.41) is 36.2. The van der Waals surface area contributed by atoms with Gasteiger partial charge in [0.05, 0.1) is 23.0 Å². The zero-order valence-electron chi connectivity index (χ0n) is 24.8. The third-order valence-electron chi connectivity index (χ3n) is 9.76. The summed E-state index contributed by atoms with van der Waals surface area (Å²) in [5.41, 5.74) is 7.77. The first-order valence-electron chi connectivity index (χ1n) is 14.6. The predicted octanol–water partition coefficient (Wildman–Crippen LogP) is 1.60. The van der Waals surface area contributed by atoms with Gasteiger partial charge in [-0.05, 0) is 85.6 Å². The fourth-order valence-electron chi connectivity index (χ4n) is 7.25. The number of carboxylic acid groups (broad SMARTS) is 2. The van der Waals surface area contributed by atoms with Gasteiger partial charge in [-0.25, -0.2) is 0 Å². The number of aromatic amines is 3. The minimum atomic E-state index is -1.38. The number of allylic oxidation sites excluding steroid dienone is 1. The van der Waals surface area contributed by atoms with E-state index in [2.05, 4.69) is 20.3 Å². The summed E-state index contributed by atoms with van der Waals surface area (Å²) in [6.07, 6.45) is 7.87. The van der Waals surface area contributed by atoms with E-state index in [4.69, 9.17) is 0 Å². The Kier molecular flexibility index (Phi) is 6.75. The van der Waals surface area contributed by atoms with Crippen LogP contribution >= 0.6 is 0 Å². The molecule has 0 radical (unpaired) electrons. The Balaban J connectivity index is 1.74. The van der Waals surface area contributed by atoms with Crippen LogP contribution in [0, 0.1) is 38.5 Å². The molecule has 2 aliphatic heterocycles. The molecule has 1 unspecified atom stereocenters. The number of hydrogen-bond donors (Lipinski definition) is 7. The molecule has 0 saturated carbocycles. The molecular formula is C33H36N4O6. The number of Topliss-reactive ketones (excluding diaryl/α,β-unsaturated/α-hetero) is 1. The average molecular weight is 585 g/mol. The Morgan fingerprint density at radius 2 is 1.60 bits per heavy atom. The van der Waals surface area contributed by atoms with Gasteiger partial charge < -0.3 is 35.6 Å². The number of fused-ring (bicyclic) bond motifs is 8. The fourth-order valence-corrected chi connectivity index (χ4v) is 7.25. The minimum Gasteiger partial charge on any atom is -0.515 e. The lowest BCUT2D eigenvalue weighted by atomic mass is 9.80. The van der Waals surface area contributed by atoms with Crippen LogP contribution in [0.4, 0.5) is 0 Å². The first-order valence-corrected chi connectivity index (χ1v) is 14.6. The second-order valence-corrected chi connectivity index (χ2v) is 11.9. The van der Waals surface area contributed by atoms with Gasteiger partial charge >= 0.3 is 11.9 Å². The van der Waals surface area contributed by atoms with Crippen LogP contribution in [0.1, 0.15) is 76.4 Å². The highest BCUT2D eigenvalue weighted by molar-refractivity contribution is 6.19. The van der Waals surface area contributed by atoms with E-state index in [0.29, 0.717) is 45.5 Å². The number of rotatable bonds is 5. The van der Waals surface area contributed by atoms with Crippen LogP contribution in [0.3, 0.4) is 0 Å². The number of carboxylic acids is 2. The summed E-state index contributed by atoms with van der Waals surface area (Å²) in [5.74, 6) is -4.39. The molecule has 1 fully saturated rings. The van der Waals surface area contributed by atoms with Crippen molar-refractivity contribution in [3.63, 3.8) is 0 Å². The molecule has 3 aliphatic rings. The highest BCUT2D eigenvalue weighted by Gasteiger charge is 2.48. The molecule has 1 saturated heterocycles. The second-order valence-electron chi connectivity index (χ2n) is 11.9. The van der Waals surface area contributed by atoms with E-state index < -0.39 is 29.7 Å². The number of H-pyrrole nitrogens is 3. The maximum absolute atomic E-state index is 13.8. The molecule has 0 spiro atoms. The molecule has 6 rings (SSSR count). The van der Waals surface area contributed by atoms with E-state index in [1.54, 1.807) is 6.92 Å². The fraction of sp³-hybridized carbons (Fsp3) is 0.364. The largest absolute Gasteiger partial charge is 0.515 e. The first-order chi connectivity index (χ1) is 20.5. The van der Waals surface area contributed by atoms with Gasteiger partial charge in [0.15, 0.2) is 5.78 Å². The van der Waals surface area contributed by atoms with Crippen molar-refractivity contribution in [1.29, 1.82) is 0 Å². The Bertz CT molecular complexity index is 2000. The topological polar surface area (TPSA) is 171 Å². The van der Waals surface area contributed by atoms with Crippen molar-refractivity contribution in [2.45, 2.75) is 59.9 Å². The lowest BCUT2D eigenvalue weighted by Crippen LogP contribution is -2.37. The van der Waals surface area contributed by atoms with Gasteiger partial charge in [0.2, 0.25) is 0 Å². The van der Waals surface area contributed by atoms with E-state index in [9.17, 15) is 29.7 Å². The number of aliphatic carboxylic acids is 2. The van der Waals surface area contributed by atoms with Crippen LogP contribution in [-0.2, 0) is 16.0 Å². The van der Waals surface area contributed by atoms with Crippen LogP contribution in [-0.4, -0.2) is 54.0 Å². The van der Waals surface area contributed by atoms with Crippen LogP contribution in [0.15, 0.2) is 5.70 Å². The summed E-state index contributed by atoms with van der Waals surface area (Å²) in [7, 11) is 0. The van der Waals surface area contributed by atoms with Crippen molar-refractivity contribution in [3.8, 4) is 0 Å². The van der Waals surface area contributed by atoms with Gasteiger partial charge in [-0.2, -0.15) is 0 Å². The van der Waals surface area contributed by atoms with Gasteiger partial charge in [-0.1, -0.05) is 13.8 Å². The monoisotopic (exact) mass is 584 g/mol. The Hall–Kier alpha value is -4.73. The number of aliphatic hydroxyl groups excluding tert-OH is 1. The Morgan fingerprint density at radius 3 is 2.23 bits per heavy atom. The quantitative estimate of drug-likeness (QED) is 0.223. The molecule has 3 aromatic rings. The molecule has 8 bridgehead atoms. The molecule has 0 aromatic carbocycles. The normalized spacial score (nSPS) is 25.5. The van der Waals surface area contributed by atoms with Crippen molar-refractivity contribution >= 4 is 47.8 Å². The number of aliphatic hydroxyl groups is 1. The van der Waals surface area contributed by atoms with Crippen LogP contribution in [0.5, 0.6) is 0 Å². The smallest absolute Gasteiger partial charge is 0.318 e. The molecule has 0 amide bonds. The van der Waals surface area contributed by atoms with Gasteiger partial charge in [-0.3, -0.25) is 14.4 Å². The first kappa shape index (κ1) is 28.4. The van der Waals surface area contributed by atoms with Gasteiger partial charge in [-0.15, -0.1) is 0 Å². The number of ketones is 1. The standard InChI is InChI=1S/C33H36N4O6/c1-6-17-19(12-38)25-10-21-14(3)13(2)20(34-21)9-22-15(4)18(7-8-26(39)40)30(36-22)28-29(33(42)43)32(41)27-16(5)23(37-31(27)28)11-24(17)35-25/h9-12,15,18,29-30,34-38H,6-8H2,1-5H3,(H,39,40)(H,42,43)/b19-12-,22-9-,23-11-,25-10-/t15-,18-,29+,30?/m0/s1. The highest BCUT2D eigenvalue weighted by atomic mass is 16.4. The van der Waals surface area contributed by atoms with E-state index in [-0.39, 0.29) is 18.3 Å². The predicted molar refractivity (Wildman–Crippen MR) is 162 cm³/mol. The summed E-state index contributed by atoms with van der Waals surface area (Å²) in [6.45, 7) is 9.87. The van der Waals surface area contributed by atoms with Gasteiger partial charge in [0.25, 0.3) is 0 Å².